The summed E-state index contributed by atoms with van der Waals surface area (Å²) in [5.74, 6) is 1.92. The Bertz CT molecular complexity index is 1040. The number of H-pyrrole nitrogens is 1. The van der Waals surface area contributed by atoms with Gasteiger partial charge in [0.15, 0.2) is 5.82 Å². The number of rotatable bonds is 3. The molecule has 156 valence electrons. The highest BCUT2D eigenvalue weighted by Gasteiger charge is 2.26. The van der Waals surface area contributed by atoms with E-state index in [0.717, 1.165) is 61.5 Å². The van der Waals surface area contributed by atoms with Crippen molar-refractivity contribution in [3.8, 4) is 11.5 Å². The van der Waals surface area contributed by atoms with Crippen LogP contribution in [-0.2, 0) is 0 Å². The van der Waals surface area contributed by atoms with Crippen molar-refractivity contribution in [2.45, 2.75) is 63.7 Å². The van der Waals surface area contributed by atoms with Gasteiger partial charge in [0.25, 0.3) is 11.4 Å². The topological polar surface area (TPSA) is 101 Å². The first kappa shape index (κ1) is 20.1. The molecule has 2 N–H and O–H groups in total. The van der Waals surface area contributed by atoms with E-state index in [0.29, 0.717) is 23.4 Å². The lowest BCUT2D eigenvalue weighted by Crippen LogP contribution is -2.28. The number of aromatic nitrogens is 5. The summed E-state index contributed by atoms with van der Waals surface area (Å²) in [7, 11) is 0. The number of piperidine rings is 1. The van der Waals surface area contributed by atoms with Crippen LogP contribution in [0.4, 0.5) is 0 Å². The van der Waals surface area contributed by atoms with E-state index in [9.17, 15) is 4.79 Å². The molecule has 3 aromatic rings. The number of nitrogens with zero attached hydrogens (tertiary/aromatic N) is 4. The summed E-state index contributed by atoms with van der Waals surface area (Å²) in [4.78, 5) is 20.1. The highest BCUT2D eigenvalue weighted by molar-refractivity contribution is 5.85. The van der Waals surface area contributed by atoms with E-state index >= 15 is 0 Å². The molecule has 0 aromatic carbocycles. The van der Waals surface area contributed by atoms with Crippen LogP contribution in [0.15, 0.2) is 15.4 Å². The largest absolute Gasteiger partial charge is 0.334 e. The molecule has 9 heteroatoms. The Kier molecular flexibility index (Phi) is 5.74. The summed E-state index contributed by atoms with van der Waals surface area (Å²) in [6.07, 6.45) is 7.95. The number of aromatic amines is 1. The summed E-state index contributed by atoms with van der Waals surface area (Å²) >= 11 is 0. The predicted octanol–water partition coefficient (Wildman–Crippen LogP) is 3.32. The molecule has 0 spiro atoms. The highest BCUT2D eigenvalue weighted by Crippen LogP contribution is 2.34. The first-order valence-corrected chi connectivity index (χ1v) is 10.4. The molecule has 1 aliphatic heterocycles. The van der Waals surface area contributed by atoms with Gasteiger partial charge in [-0.05, 0) is 45.7 Å². The molecule has 1 saturated carbocycles. The fourth-order valence-electron chi connectivity index (χ4n) is 4.71. The normalized spacial score (nSPS) is 18.8. The molecule has 8 nitrogen and oxygen atoms in total. The van der Waals surface area contributed by atoms with E-state index in [4.69, 9.17) is 14.6 Å². The summed E-state index contributed by atoms with van der Waals surface area (Å²) in [6.45, 7) is 3.85. The molecule has 4 heterocycles. The molecule has 1 saturated heterocycles. The smallest absolute Gasteiger partial charge is 0.263 e. The third-order valence-electron chi connectivity index (χ3n) is 6.21. The van der Waals surface area contributed by atoms with Crippen LogP contribution >= 0.6 is 12.4 Å². The molecule has 0 amide bonds. The van der Waals surface area contributed by atoms with Gasteiger partial charge < -0.3 is 14.8 Å². The van der Waals surface area contributed by atoms with Crippen molar-refractivity contribution < 1.29 is 4.52 Å². The molecule has 1 aliphatic carbocycles. The van der Waals surface area contributed by atoms with Gasteiger partial charge in [-0.1, -0.05) is 24.4 Å². The van der Waals surface area contributed by atoms with Crippen LogP contribution < -0.4 is 10.9 Å². The van der Waals surface area contributed by atoms with Crippen LogP contribution in [-0.4, -0.2) is 37.8 Å². The molecular formula is C20H27ClN6O2. The quantitative estimate of drug-likeness (QED) is 0.676. The van der Waals surface area contributed by atoms with Gasteiger partial charge in [0.05, 0.1) is 11.4 Å². The van der Waals surface area contributed by atoms with Crippen LogP contribution in [0.5, 0.6) is 0 Å². The average Bonchev–Trinajstić information content (AvgIpc) is 3.32. The molecule has 0 atom stereocenters. The van der Waals surface area contributed by atoms with E-state index in [1.807, 2.05) is 11.4 Å². The third-order valence-corrected chi connectivity index (χ3v) is 6.21. The van der Waals surface area contributed by atoms with Crippen molar-refractivity contribution in [3.63, 3.8) is 0 Å². The summed E-state index contributed by atoms with van der Waals surface area (Å²) in [5, 5.41) is 12.4. The van der Waals surface area contributed by atoms with Crippen molar-refractivity contribution in [3.05, 3.63) is 33.6 Å². The van der Waals surface area contributed by atoms with E-state index in [1.165, 1.54) is 19.3 Å². The maximum atomic E-state index is 12.4. The lowest BCUT2D eigenvalue weighted by Gasteiger charge is -2.23. The first-order valence-electron chi connectivity index (χ1n) is 10.4. The van der Waals surface area contributed by atoms with E-state index in [-0.39, 0.29) is 18.0 Å². The third kappa shape index (κ3) is 3.71. The molecule has 0 unspecified atom stereocenters. The van der Waals surface area contributed by atoms with Crippen LogP contribution in [0.25, 0.3) is 17.1 Å². The van der Waals surface area contributed by atoms with E-state index in [2.05, 4.69) is 15.5 Å². The first-order chi connectivity index (χ1) is 13.7. The Morgan fingerprint density at radius 1 is 1.10 bits per heavy atom. The van der Waals surface area contributed by atoms with Gasteiger partial charge in [-0.2, -0.15) is 10.1 Å². The second-order valence-electron chi connectivity index (χ2n) is 8.10. The minimum atomic E-state index is -0.116. The SMILES string of the molecule is Cc1nn2c(C3CCNCC3)cc(=O)[nH]c2c1-c1nc(C2CCCCC2)no1.Cl. The lowest BCUT2D eigenvalue weighted by atomic mass is 9.89. The zero-order valence-electron chi connectivity index (χ0n) is 16.6. The predicted molar refractivity (Wildman–Crippen MR) is 112 cm³/mol. The molecule has 29 heavy (non-hydrogen) atoms. The molecule has 3 aromatic heterocycles. The highest BCUT2D eigenvalue weighted by atomic mass is 35.5. The van der Waals surface area contributed by atoms with Crippen molar-refractivity contribution in [1.29, 1.82) is 0 Å². The second-order valence-corrected chi connectivity index (χ2v) is 8.10. The van der Waals surface area contributed by atoms with Crippen molar-refractivity contribution in [1.82, 2.24) is 30.1 Å². The number of halogens is 1. The number of aryl methyl sites for hydroxylation is 1. The number of fused-ring (bicyclic) bond motifs is 1. The van der Waals surface area contributed by atoms with Crippen molar-refractivity contribution in [2.75, 3.05) is 13.1 Å². The van der Waals surface area contributed by atoms with Gasteiger partial charge in [0.2, 0.25) is 0 Å². The van der Waals surface area contributed by atoms with Crippen molar-refractivity contribution >= 4 is 18.1 Å². The molecular weight excluding hydrogens is 392 g/mol. The molecule has 0 radical (unpaired) electrons. The Balaban J connectivity index is 0.00000205. The Labute approximate surface area is 174 Å². The van der Waals surface area contributed by atoms with Gasteiger partial charge in [0, 0.05) is 17.9 Å². The average molecular weight is 419 g/mol. The maximum absolute atomic E-state index is 12.4. The molecule has 2 aliphatic rings. The Morgan fingerprint density at radius 2 is 1.86 bits per heavy atom. The fourth-order valence-corrected chi connectivity index (χ4v) is 4.71. The lowest BCUT2D eigenvalue weighted by molar-refractivity contribution is 0.385. The van der Waals surface area contributed by atoms with E-state index < -0.39 is 0 Å². The summed E-state index contributed by atoms with van der Waals surface area (Å²) in [5.41, 5.74) is 3.02. The minimum absolute atomic E-state index is 0. The molecule has 2 fully saturated rings. The Morgan fingerprint density at radius 3 is 2.62 bits per heavy atom. The van der Waals surface area contributed by atoms with Gasteiger partial charge >= 0.3 is 0 Å². The molecule has 0 bridgehead atoms. The van der Waals surface area contributed by atoms with Crippen LogP contribution in [0.1, 0.15) is 74.0 Å². The second kappa shape index (κ2) is 8.28. The fraction of sp³-hybridized carbons (Fsp3) is 0.600. The standard InChI is InChI=1S/C20H26N6O2.ClH/c1-12-17(20-23-18(25-28-20)14-5-3-2-4-6-14)19-22-16(27)11-15(26(19)24-12)13-7-9-21-10-8-13;/h11,13-14,21H,2-10H2,1H3,(H,22,27);1H. The number of hydrogen-bond donors (Lipinski definition) is 2. The van der Waals surface area contributed by atoms with Gasteiger partial charge in [0.1, 0.15) is 11.2 Å². The zero-order valence-corrected chi connectivity index (χ0v) is 17.4. The number of nitrogens with one attached hydrogen (secondary N) is 2. The van der Waals surface area contributed by atoms with Crippen LogP contribution in [0, 0.1) is 6.92 Å². The van der Waals surface area contributed by atoms with Gasteiger partial charge in [-0.25, -0.2) is 4.52 Å². The van der Waals surface area contributed by atoms with Crippen molar-refractivity contribution in [2.24, 2.45) is 0 Å². The van der Waals surface area contributed by atoms with Crippen LogP contribution in [0.2, 0.25) is 0 Å². The summed E-state index contributed by atoms with van der Waals surface area (Å²) in [6, 6.07) is 1.68. The Hall–Kier alpha value is -2.19. The minimum Gasteiger partial charge on any atom is -0.334 e. The summed E-state index contributed by atoms with van der Waals surface area (Å²) < 4.78 is 7.50. The monoisotopic (exact) mass is 418 g/mol. The van der Waals surface area contributed by atoms with Crippen LogP contribution in [0.3, 0.4) is 0 Å². The number of hydrogen-bond acceptors (Lipinski definition) is 6. The molecule has 5 rings (SSSR count). The van der Waals surface area contributed by atoms with Gasteiger partial charge in [-0.15, -0.1) is 12.4 Å². The zero-order chi connectivity index (χ0) is 19.1. The maximum Gasteiger partial charge on any atom is 0.263 e. The van der Waals surface area contributed by atoms with E-state index in [1.54, 1.807) is 6.07 Å². The van der Waals surface area contributed by atoms with Gasteiger partial charge in [-0.3, -0.25) is 4.79 Å².